The molecule has 1 aliphatic rings. The van der Waals surface area contributed by atoms with Crippen LogP contribution in [-0.2, 0) is 10.2 Å². The molecule has 0 saturated heterocycles. The summed E-state index contributed by atoms with van der Waals surface area (Å²) in [6, 6.07) is 9.18. The lowest BCUT2D eigenvalue weighted by atomic mass is 9.93. The summed E-state index contributed by atoms with van der Waals surface area (Å²) in [6.45, 7) is 3.67. The summed E-state index contributed by atoms with van der Waals surface area (Å²) in [6.07, 6.45) is 1.98. The second-order valence-electron chi connectivity index (χ2n) is 7.70. The van der Waals surface area contributed by atoms with E-state index < -0.39 is 28.8 Å². The molecule has 1 aliphatic carbocycles. The van der Waals surface area contributed by atoms with Gasteiger partial charge in [0.05, 0.1) is 24.4 Å². The number of carbonyl (C=O) groups excluding carboxylic acids is 1. The molecule has 0 radical (unpaired) electrons. The molecule has 4 rings (SSSR count). The van der Waals surface area contributed by atoms with Crippen LogP contribution in [0.5, 0.6) is 5.75 Å². The molecule has 1 amide bonds. The molecular formula is C23H20F3N3O2. The van der Waals surface area contributed by atoms with Gasteiger partial charge >= 0.3 is 0 Å². The number of ether oxygens (including phenoxy) is 1. The Kier molecular flexibility index (Phi) is 5.39. The fourth-order valence-corrected chi connectivity index (χ4v) is 3.73. The molecule has 0 bridgehead atoms. The Bertz CT molecular complexity index is 1150. The highest BCUT2D eigenvalue weighted by atomic mass is 19.2. The van der Waals surface area contributed by atoms with Gasteiger partial charge in [0.15, 0.2) is 17.4 Å². The van der Waals surface area contributed by atoms with Crippen LogP contribution >= 0.6 is 0 Å². The maximum absolute atomic E-state index is 13.9. The maximum atomic E-state index is 13.9. The van der Waals surface area contributed by atoms with Gasteiger partial charge in [-0.05, 0) is 50.1 Å². The van der Waals surface area contributed by atoms with E-state index in [1.807, 2.05) is 0 Å². The Hall–Kier alpha value is -3.42. The van der Waals surface area contributed by atoms with Crippen LogP contribution in [0.4, 0.5) is 18.9 Å². The number of carbonyl (C=O) groups is 1. The Balaban J connectivity index is 1.57. The number of hydrogen-bond donors (Lipinski definition) is 1. The van der Waals surface area contributed by atoms with E-state index in [9.17, 15) is 18.0 Å². The summed E-state index contributed by atoms with van der Waals surface area (Å²) >= 11 is 0. The Morgan fingerprint density at radius 1 is 1.16 bits per heavy atom. The molecule has 0 spiro atoms. The highest BCUT2D eigenvalue weighted by Gasteiger charge is 2.60. The van der Waals surface area contributed by atoms with Gasteiger partial charge in [0, 0.05) is 17.2 Å². The second-order valence-corrected chi connectivity index (χ2v) is 7.70. The van der Waals surface area contributed by atoms with Crippen LogP contribution in [0.2, 0.25) is 0 Å². The summed E-state index contributed by atoms with van der Waals surface area (Å²) in [7, 11) is 0. The molecule has 1 saturated carbocycles. The van der Waals surface area contributed by atoms with Crippen molar-refractivity contribution in [2.45, 2.75) is 25.7 Å². The number of amides is 1. The average molecular weight is 427 g/mol. The molecule has 5 nitrogen and oxygen atoms in total. The monoisotopic (exact) mass is 427 g/mol. The summed E-state index contributed by atoms with van der Waals surface area (Å²) in [5.74, 6) is -2.29. The van der Waals surface area contributed by atoms with Crippen molar-refractivity contribution < 1.29 is 22.7 Å². The van der Waals surface area contributed by atoms with E-state index >= 15 is 0 Å². The van der Waals surface area contributed by atoms with E-state index in [0.717, 1.165) is 12.1 Å². The molecule has 1 fully saturated rings. The van der Waals surface area contributed by atoms with E-state index in [2.05, 4.69) is 15.3 Å². The number of aromatic nitrogens is 2. The standard InChI is InChI=1S/C23H20F3N3O2/c1-13-21(11-27-14(2)28-13)31-12-23(15-4-3-5-16(24)8-15)10-18(23)22(30)29-17-6-7-19(25)20(26)9-17/h3-9,11,18H,10,12H2,1-2H3,(H,29,30)/t18-,23+/m0/s1. The van der Waals surface area contributed by atoms with Gasteiger partial charge in [0.2, 0.25) is 5.91 Å². The lowest BCUT2D eigenvalue weighted by Gasteiger charge is -2.20. The zero-order chi connectivity index (χ0) is 22.2. The van der Waals surface area contributed by atoms with Gasteiger partial charge in [0.25, 0.3) is 0 Å². The maximum Gasteiger partial charge on any atom is 0.228 e. The molecule has 1 heterocycles. The predicted octanol–water partition coefficient (Wildman–Crippen LogP) is 4.49. The average Bonchev–Trinajstić information content (AvgIpc) is 3.46. The van der Waals surface area contributed by atoms with Crippen molar-refractivity contribution in [1.29, 1.82) is 0 Å². The fourth-order valence-electron chi connectivity index (χ4n) is 3.73. The molecule has 2 atom stereocenters. The zero-order valence-electron chi connectivity index (χ0n) is 17.0. The zero-order valence-corrected chi connectivity index (χ0v) is 17.0. The Morgan fingerprint density at radius 2 is 1.97 bits per heavy atom. The fraction of sp³-hybridized carbons (Fsp3) is 0.261. The third kappa shape index (κ3) is 4.23. The van der Waals surface area contributed by atoms with Crippen LogP contribution in [0.1, 0.15) is 23.5 Å². The summed E-state index contributed by atoms with van der Waals surface area (Å²) < 4.78 is 46.5. The van der Waals surface area contributed by atoms with Crippen molar-refractivity contribution in [2.24, 2.45) is 5.92 Å². The summed E-state index contributed by atoms with van der Waals surface area (Å²) in [4.78, 5) is 21.3. The van der Waals surface area contributed by atoms with Crippen LogP contribution < -0.4 is 10.1 Å². The minimum Gasteiger partial charge on any atom is -0.489 e. The molecule has 8 heteroatoms. The van der Waals surface area contributed by atoms with E-state index in [1.165, 1.54) is 18.2 Å². The molecule has 0 unspecified atom stereocenters. The van der Waals surface area contributed by atoms with Crippen LogP contribution in [0.25, 0.3) is 0 Å². The van der Waals surface area contributed by atoms with Crippen molar-refractivity contribution in [3.05, 3.63) is 83.2 Å². The van der Waals surface area contributed by atoms with Crippen LogP contribution in [0, 0.1) is 37.2 Å². The number of nitrogens with one attached hydrogen (secondary N) is 1. The molecule has 0 aliphatic heterocycles. The molecular weight excluding hydrogens is 407 g/mol. The van der Waals surface area contributed by atoms with Crippen LogP contribution in [0.15, 0.2) is 48.7 Å². The first-order chi connectivity index (χ1) is 14.8. The van der Waals surface area contributed by atoms with Gasteiger partial charge in [-0.25, -0.2) is 23.1 Å². The number of rotatable bonds is 6. The first kappa shape index (κ1) is 20.8. The van der Waals surface area contributed by atoms with E-state index in [0.29, 0.717) is 29.3 Å². The number of anilines is 1. The highest BCUT2D eigenvalue weighted by Crippen LogP contribution is 2.55. The minimum absolute atomic E-state index is 0.111. The predicted molar refractivity (Wildman–Crippen MR) is 108 cm³/mol. The van der Waals surface area contributed by atoms with Crippen molar-refractivity contribution in [1.82, 2.24) is 9.97 Å². The van der Waals surface area contributed by atoms with Gasteiger partial charge in [-0.15, -0.1) is 0 Å². The van der Waals surface area contributed by atoms with Crippen molar-refractivity contribution in [3.8, 4) is 5.75 Å². The van der Waals surface area contributed by atoms with E-state index in [-0.39, 0.29) is 18.2 Å². The van der Waals surface area contributed by atoms with E-state index in [4.69, 9.17) is 4.74 Å². The van der Waals surface area contributed by atoms with Crippen molar-refractivity contribution in [3.63, 3.8) is 0 Å². The first-order valence-corrected chi connectivity index (χ1v) is 9.73. The quantitative estimate of drug-likeness (QED) is 0.630. The molecule has 3 aromatic rings. The SMILES string of the molecule is Cc1ncc(OC[C@@]2(c3cccc(F)c3)C[C@H]2C(=O)Nc2ccc(F)c(F)c2)c(C)n1. The Morgan fingerprint density at radius 3 is 2.68 bits per heavy atom. The van der Waals surface area contributed by atoms with Crippen LogP contribution in [-0.4, -0.2) is 22.5 Å². The normalized spacial score (nSPS) is 19.7. The summed E-state index contributed by atoms with van der Waals surface area (Å²) in [5.41, 5.74) is 0.670. The lowest BCUT2D eigenvalue weighted by molar-refractivity contribution is -0.117. The molecule has 2 aromatic carbocycles. The smallest absolute Gasteiger partial charge is 0.228 e. The third-order valence-electron chi connectivity index (χ3n) is 5.52. The van der Waals surface area contributed by atoms with E-state index in [1.54, 1.807) is 32.2 Å². The van der Waals surface area contributed by atoms with Gasteiger partial charge in [-0.2, -0.15) is 0 Å². The second kappa shape index (κ2) is 8.02. The van der Waals surface area contributed by atoms with Gasteiger partial charge in [-0.1, -0.05) is 12.1 Å². The topological polar surface area (TPSA) is 64.1 Å². The van der Waals surface area contributed by atoms with Crippen molar-refractivity contribution in [2.75, 3.05) is 11.9 Å². The number of aryl methyl sites for hydroxylation is 2. The third-order valence-corrected chi connectivity index (χ3v) is 5.52. The molecule has 1 aromatic heterocycles. The number of benzene rings is 2. The molecule has 31 heavy (non-hydrogen) atoms. The molecule has 1 N–H and O–H groups in total. The number of nitrogens with zero attached hydrogens (tertiary/aromatic N) is 2. The first-order valence-electron chi connectivity index (χ1n) is 9.73. The summed E-state index contributed by atoms with van der Waals surface area (Å²) in [5, 5.41) is 2.61. The van der Waals surface area contributed by atoms with Crippen molar-refractivity contribution >= 4 is 11.6 Å². The minimum atomic E-state index is -1.05. The largest absolute Gasteiger partial charge is 0.489 e. The highest BCUT2D eigenvalue weighted by molar-refractivity contribution is 5.96. The number of hydrogen-bond acceptors (Lipinski definition) is 4. The molecule has 160 valence electrons. The van der Waals surface area contributed by atoms with Gasteiger partial charge < -0.3 is 10.1 Å². The van der Waals surface area contributed by atoms with Gasteiger partial charge in [-0.3, -0.25) is 4.79 Å². The Labute approximate surface area is 177 Å². The lowest BCUT2D eigenvalue weighted by Crippen LogP contribution is -2.27. The number of halogens is 3. The van der Waals surface area contributed by atoms with Crippen LogP contribution in [0.3, 0.4) is 0 Å². The van der Waals surface area contributed by atoms with Gasteiger partial charge in [0.1, 0.15) is 11.6 Å².